The van der Waals surface area contributed by atoms with Crippen molar-refractivity contribution in [2.75, 3.05) is 13.2 Å². The molecule has 1 spiro atoms. The van der Waals surface area contributed by atoms with E-state index >= 15 is 0 Å². The van der Waals surface area contributed by atoms with Crippen LogP contribution in [-0.2, 0) is 24.1 Å². The molecule has 3 N–H and O–H groups in total. The monoisotopic (exact) mass is 596 g/mol. The molecule has 8 heteroatoms. The van der Waals surface area contributed by atoms with E-state index in [9.17, 15) is 15.5 Å². The van der Waals surface area contributed by atoms with Gasteiger partial charge in [0.2, 0.25) is 0 Å². The Bertz CT molecular complexity index is 849. The molecule has 0 radical (unpaired) electrons. The number of hydrogen-bond acceptors (Lipinski definition) is 8. The lowest BCUT2D eigenvalue weighted by Crippen LogP contribution is -2.61. The molecule has 7 unspecified atom stereocenters. The van der Waals surface area contributed by atoms with Crippen LogP contribution in [0.1, 0.15) is 113 Å². The minimum Gasteiger partial charge on any atom is -0.393 e. The number of ether oxygens (including phenoxy) is 2. The Morgan fingerprint density at radius 1 is 0.762 bits per heavy atom. The first-order chi connectivity index (χ1) is 19.9. The quantitative estimate of drug-likeness (QED) is 0.208. The van der Waals surface area contributed by atoms with Crippen molar-refractivity contribution in [3.05, 3.63) is 0 Å². The van der Waals surface area contributed by atoms with E-state index in [1.54, 1.807) is 0 Å². The summed E-state index contributed by atoms with van der Waals surface area (Å²) in [4.78, 5) is 17.6. The summed E-state index contributed by atoms with van der Waals surface area (Å²) in [5, 5.41) is 33.5. The van der Waals surface area contributed by atoms with Crippen molar-refractivity contribution in [2.45, 2.75) is 148 Å². The van der Waals surface area contributed by atoms with Gasteiger partial charge in [-0.15, -0.1) is 0 Å². The van der Waals surface area contributed by atoms with Gasteiger partial charge in [-0.3, -0.25) is 5.26 Å². The van der Waals surface area contributed by atoms with Gasteiger partial charge in [0.25, 0.3) is 0 Å². The Labute approximate surface area is 254 Å². The maximum Gasteiger partial charge on any atom is 0.198 e. The summed E-state index contributed by atoms with van der Waals surface area (Å²) in [6.07, 6.45) is 8.11. The molecule has 0 aromatic carbocycles. The van der Waals surface area contributed by atoms with Crippen LogP contribution in [0, 0.1) is 53.3 Å². The zero-order chi connectivity index (χ0) is 30.4. The van der Waals surface area contributed by atoms with E-state index in [2.05, 4.69) is 41.5 Å². The van der Waals surface area contributed by atoms with Crippen LogP contribution in [-0.4, -0.2) is 64.0 Å². The fraction of sp³-hybridized carbons (Fsp3) is 1.00. The molecule has 4 saturated heterocycles. The van der Waals surface area contributed by atoms with Gasteiger partial charge in [0.15, 0.2) is 5.79 Å². The third kappa shape index (κ3) is 5.97. The average Bonchev–Trinajstić information content (AvgIpc) is 3.31. The summed E-state index contributed by atoms with van der Waals surface area (Å²) in [5.74, 6) is 1.09. The second-order valence-corrected chi connectivity index (χ2v) is 15.8. The maximum absolute atomic E-state index is 11.6. The molecule has 0 aromatic heterocycles. The molecule has 42 heavy (non-hydrogen) atoms. The highest BCUT2D eigenvalue weighted by Gasteiger charge is 2.61. The van der Waals surface area contributed by atoms with E-state index in [-0.39, 0.29) is 41.6 Å². The van der Waals surface area contributed by atoms with Crippen LogP contribution >= 0.6 is 0 Å². The molecule has 6 rings (SSSR count). The Kier molecular flexibility index (Phi) is 10.1. The number of rotatable bonds is 9. The van der Waals surface area contributed by atoms with Crippen LogP contribution in [0.25, 0.3) is 0 Å². The first-order valence-corrected chi connectivity index (χ1v) is 17.2. The molecule has 2 aliphatic carbocycles. The molecule has 244 valence electrons. The molecule has 15 atom stereocenters. The van der Waals surface area contributed by atoms with Crippen molar-refractivity contribution in [3.8, 4) is 0 Å². The molecule has 8 nitrogen and oxygen atoms in total. The number of aliphatic hydroxyl groups excluding tert-OH is 2. The topological polar surface area (TPSA) is 107 Å². The molecule has 2 saturated carbocycles. The van der Waals surface area contributed by atoms with Gasteiger partial charge < -0.3 is 19.7 Å². The van der Waals surface area contributed by atoms with Gasteiger partial charge in [0.05, 0.1) is 31.5 Å². The van der Waals surface area contributed by atoms with Crippen molar-refractivity contribution in [1.82, 2.24) is 0 Å². The van der Waals surface area contributed by atoms with Crippen molar-refractivity contribution in [3.63, 3.8) is 0 Å². The Hall–Kier alpha value is -0.320. The molecule has 4 aliphatic heterocycles. The molecule has 6 fully saturated rings. The number of fused-ring (bicyclic) bond motifs is 4. The lowest BCUT2D eigenvalue weighted by molar-refractivity contribution is -0.517. The second kappa shape index (κ2) is 12.8. The van der Waals surface area contributed by atoms with Crippen LogP contribution in [0.5, 0.6) is 0 Å². The van der Waals surface area contributed by atoms with E-state index < -0.39 is 29.2 Å². The third-order valence-electron chi connectivity index (χ3n) is 13.1. The first kappa shape index (κ1) is 33.1. The van der Waals surface area contributed by atoms with E-state index in [0.29, 0.717) is 43.8 Å². The van der Waals surface area contributed by atoms with Gasteiger partial charge in [-0.1, -0.05) is 34.6 Å². The summed E-state index contributed by atoms with van der Waals surface area (Å²) >= 11 is 0. The van der Waals surface area contributed by atoms with Gasteiger partial charge in [-0.05, 0) is 125 Å². The van der Waals surface area contributed by atoms with Gasteiger partial charge >= 0.3 is 0 Å². The van der Waals surface area contributed by atoms with E-state index in [0.717, 1.165) is 51.4 Å². The molecular formula is C34H60O8. The van der Waals surface area contributed by atoms with E-state index in [4.69, 9.17) is 24.1 Å². The van der Waals surface area contributed by atoms with Gasteiger partial charge in [0.1, 0.15) is 11.2 Å². The first-order valence-electron chi connectivity index (χ1n) is 17.2. The Morgan fingerprint density at radius 3 is 2.00 bits per heavy atom. The largest absolute Gasteiger partial charge is 0.393 e. The Morgan fingerprint density at radius 2 is 1.38 bits per heavy atom. The van der Waals surface area contributed by atoms with Crippen LogP contribution < -0.4 is 0 Å². The zero-order valence-electron chi connectivity index (χ0n) is 27.3. The van der Waals surface area contributed by atoms with Crippen molar-refractivity contribution in [1.29, 1.82) is 0 Å². The van der Waals surface area contributed by atoms with Crippen molar-refractivity contribution in [2.24, 2.45) is 53.3 Å². The van der Waals surface area contributed by atoms with Gasteiger partial charge in [0, 0.05) is 6.42 Å². The molecule has 0 aromatic rings. The van der Waals surface area contributed by atoms with Crippen LogP contribution in [0.4, 0.5) is 0 Å². The second-order valence-electron chi connectivity index (χ2n) is 15.8. The van der Waals surface area contributed by atoms with Crippen LogP contribution in [0.2, 0.25) is 0 Å². The Balaban J connectivity index is 1.22. The van der Waals surface area contributed by atoms with Gasteiger partial charge in [-0.25, -0.2) is 14.7 Å². The van der Waals surface area contributed by atoms with Crippen LogP contribution in [0.3, 0.4) is 0 Å². The highest BCUT2D eigenvalue weighted by Crippen LogP contribution is 2.56. The smallest absolute Gasteiger partial charge is 0.198 e. The molecule has 4 heterocycles. The summed E-state index contributed by atoms with van der Waals surface area (Å²) < 4.78 is 12.4. The average molecular weight is 597 g/mol. The van der Waals surface area contributed by atoms with Crippen molar-refractivity contribution >= 4 is 0 Å². The fourth-order valence-electron chi connectivity index (χ4n) is 10.1. The van der Waals surface area contributed by atoms with E-state index in [1.807, 2.05) is 6.92 Å². The lowest BCUT2D eigenvalue weighted by atomic mass is 9.58. The van der Waals surface area contributed by atoms with E-state index in [1.165, 1.54) is 0 Å². The predicted molar refractivity (Wildman–Crippen MR) is 159 cm³/mol. The maximum atomic E-state index is 11.6. The minimum absolute atomic E-state index is 0.00433. The SMILES string of the molecule is CC(CC(O)C(C)[C@@H]1CC[C@@H](C)[C@@H]2CCC(C)OC[C@]12OO)CC(O)C(C)[C@@H]1CC[C@@H](C)C2CC[C@]3(C)OC[C@@]21OO3. The fourth-order valence-corrected chi connectivity index (χ4v) is 10.1. The normalized spacial score (nSPS) is 47.7. The molecule has 0 amide bonds. The summed E-state index contributed by atoms with van der Waals surface area (Å²) in [7, 11) is 0. The summed E-state index contributed by atoms with van der Waals surface area (Å²) in [6.45, 7) is 15.9. The highest BCUT2D eigenvalue weighted by atomic mass is 17.2. The van der Waals surface area contributed by atoms with Gasteiger partial charge in [-0.2, -0.15) is 0 Å². The zero-order valence-corrected chi connectivity index (χ0v) is 27.3. The van der Waals surface area contributed by atoms with Crippen LogP contribution in [0.15, 0.2) is 0 Å². The standard InChI is InChI=1S/C34H60O8/c1-20(16-30(35)24(5)28-11-8-21(2)26-13-10-23(4)38-18-33(26,28)40-37)17-31(36)25(6)29-12-9-22(3)27-14-15-32(7)39-19-34(27,29)42-41-32/h20-31,35-37H,8-19H2,1-7H3/t20?,21-,22-,23?,24?,25?,26+,27?,28+,29+,30?,31?,32-,33-,34-/m1/s1. The molecular weight excluding hydrogens is 536 g/mol. The number of hydrogen-bond donors (Lipinski definition) is 3. The number of aliphatic hydroxyl groups is 2. The van der Waals surface area contributed by atoms with Crippen molar-refractivity contribution < 1.29 is 39.6 Å². The predicted octanol–water partition coefficient (Wildman–Crippen LogP) is 6.38. The highest BCUT2D eigenvalue weighted by molar-refractivity contribution is 5.06. The summed E-state index contributed by atoms with van der Waals surface area (Å²) in [6, 6.07) is 0. The lowest BCUT2D eigenvalue weighted by Gasteiger charge is -2.54. The molecule has 2 bridgehead atoms. The minimum atomic E-state index is -0.785. The summed E-state index contributed by atoms with van der Waals surface area (Å²) in [5.41, 5.74) is -1.30. The molecule has 6 aliphatic rings. The third-order valence-corrected chi connectivity index (χ3v) is 13.1.